The molecule has 0 unspecified atom stereocenters. The van der Waals surface area contributed by atoms with E-state index in [2.05, 4.69) is 5.32 Å². The Morgan fingerprint density at radius 2 is 2.09 bits per heavy atom. The Morgan fingerprint density at radius 1 is 1.36 bits per heavy atom. The fourth-order valence-corrected chi connectivity index (χ4v) is 5.55. The zero-order valence-electron chi connectivity index (χ0n) is 11.9. The molecular weight excluding hydrogens is 327 g/mol. The van der Waals surface area contributed by atoms with E-state index < -0.39 is 21.9 Å². The zero-order chi connectivity index (χ0) is 15.7. The van der Waals surface area contributed by atoms with E-state index in [1.165, 1.54) is 30.0 Å². The molecule has 120 valence electrons. The number of halogens is 1. The lowest BCUT2D eigenvalue weighted by molar-refractivity contribution is -0.123. The molecule has 8 heteroatoms. The maximum Gasteiger partial charge on any atom is 0.247 e. The number of hydrogen-bond donors (Lipinski definition) is 1. The molecule has 0 radical (unpaired) electrons. The van der Waals surface area contributed by atoms with E-state index in [9.17, 15) is 17.6 Å². The molecule has 3 rings (SSSR count). The average Bonchev–Trinajstić information content (AvgIpc) is 3.18. The van der Waals surface area contributed by atoms with Gasteiger partial charge in [0.1, 0.15) is 16.8 Å². The van der Waals surface area contributed by atoms with Gasteiger partial charge in [-0.15, -0.1) is 11.8 Å². The minimum atomic E-state index is -4.01. The summed E-state index contributed by atoms with van der Waals surface area (Å²) in [6, 6.07) is 4.48. The number of hydrogen-bond acceptors (Lipinski definition) is 4. The molecule has 0 aromatic heterocycles. The van der Waals surface area contributed by atoms with Crippen molar-refractivity contribution < 1.29 is 17.6 Å². The number of sulfonamides is 1. The predicted octanol–water partition coefficient (Wildman–Crippen LogP) is 1.42. The Bertz CT molecular complexity index is 676. The van der Waals surface area contributed by atoms with Gasteiger partial charge in [0.2, 0.25) is 15.9 Å². The quantitative estimate of drug-likeness (QED) is 0.877. The Hall–Kier alpha value is -1.12. The van der Waals surface area contributed by atoms with Crippen LogP contribution in [0.1, 0.15) is 12.8 Å². The molecule has 2 aliphatic rings. The topological polar surface area (TPSA) is 66.5 Å². The van der Waals surface area contributed by atoms with E-state index >= 15 is 0 Å². The molecule has 1 aromatic carbocycles. The summed E-state index contributed by atoms with van der Waals surface area (Å²) in [5.41, 5.74) is 0. The summed E-state index contributed by atoms with van der Waals surface area (Å²) in [5, 5.41) is 2.80. The second-order valence-electron chi connectivity index (χ2n) is 5.53. The van der Waals surface area contributed by atoms with Crippen LogP contribution >= 0.6 is 11.8 Å². The van der Waals surface area contributed by atoms with Crippen LogP contribution in [0.25, 0.3) is 0 Å². The highest BCUT2D eigenvalue weighted by Gasteiger charge is 2.41. The van der Waals surface area contributed by atoms with Gasteiger partial charge in [-0.3, -0.25) is 4.79 Å². The van der Waals surface area contributed by atoms with Crippen LogP contribution in [-0.2, 0) is 14.8 Å². The number of nitrogens with one attached hydrogen (secondary N) is 1. The van der Waals surface area contributed by atoms with Gasteiger partial charge in [0, 0.05) is 12.3 Å². The van der Waals surface area contributed by atoms with Crippen molar-refractivity contribution in [1.29, 1.82) is 0 Å². The van der Waals surface area contributed by atoms with Gasteiger partial charge in [-0.1, -0.05) is 12.1 Å². The van der Waals surface area contributed by atoms with E-state index in [1.807, 2.05) is 0 Å². The van der Waals surface area contributed by atoms with Gasteiger partial charge in [0.05, 0.1) is 5.88 Å². The second-order valence-corrected chi connectivity index (χ2v) is 8.39. The smallest absolute Gasteiger partial charge is 0.247 e. The minimum Gasteiger partial charge on any atom is -0.354 e. The first kappa shape index (κ1) is 15.8. The molecule has 1 saturated heterocycles. The third kappa shape index (κ3) is 3.13. The van der Waals surface area contributed by atoms with Gasteiger partial charge >= 0.3 is 0 Å². The van der Waals surface area contributed by atoms with Gasteiger partial charge in [0.25, 0.3) is 0 Å². The number of rotatable bonds is 5. The van der Waals surface area contributed by atoms with Gasteiger partial charge in [-0.2, -0.15) is 4.31 Å². The van der Waals surface area contributed by atoms with Crippen LogP contribution < -0.4 is 5.32 Å². The normalized spacial score (nSPS) is 22.7. The molecular formula is C14H17FN2O3S2. The SMILES string of the molecule is O=C(NCC1CC1)[C@@H]1CSCN1S(=O)(=O)c1ccccc1F. The fraction of sp³-hybridized carbons (Fsp3) is 0.500. The van der Waals surface area contributed by atoms with Gasteiger partial charge in [-0.05, 0) is 30.9 Å². The minimum absolute atomic E-state index is 0.165. The van der Waals surface area contributed by atoms with Crippen molar-refractivity contribution in [2.75, 3.05) is 18.2 Å². The lowest BCUT2D eigenvalue weighted by atomic mass is 10.3. The number of carbonyl (C=O) groups is 1. The number of thioether (sulfide) groups is 1. The summed E-state index contributed by atoms with van der Waals surface area (Å²) in [6.07, 6.45) is 2.22. The summed E-state index contributed by atoms with van der Waals surface area (Å²) in [7, 11) is -4.01. The van der Waals surface area contributed by atoms with Gasteiger partial charge in [-0.25, -0.2) is 12.8 Å². The Balaban J connectivity index is 1.79. The third-order valence-corrected chi connectivity index (χ3v) is 6.89. The van der Waals surface area contributed by atoms with Crippen molar-refractivity contribution in [3.05, 3.63) is 30.1 Å². The molecule has 5 nitrogen and oxygen atoms in total. The molecule has 22 heavy (non-hydrogen) atoms. The van der Waals surface area contributed by atoms with Crippen LogP contribution in [0.4, 0.5) is 4.39 Å². The largest absolute Gasteiger partial charge is 0.354 e. The number of nitrogens with zero attached hydrogens (tertiary/aromatic N) is 1. The van der Waals surface area contributed by atoms with Crippen LogP contribution in [0, 0.1) is 11.7 Å². The van der Waals surface area contributed by atoms with Crippen molar-refractivity contribution in [3.8, 4) is 0 Å². The summed E-state index contributed by atoms with van der Waals surface area (Å²) < 4.78 is 40.1. The van der Waals surface area contributed by atoms with Crippen LogP contribution in [0.15, 0.2) is 29.2 Å². The first-order chi connectivity index (χ1) is 10.5. The molecule has 1 heterocycles. The van der Waals surface area contributed by atoms with Crippen molar-refractivity contribution in [2.24, 2.45) is 5.92 Å². The molecule has 0 bridgehead atoms. The monoisotopic (exact) mass is 344 g/mol. The molecule has 2 fully saturated rings. The highest BCUT2D eigenvalue weighted by Crippen LogP contribution is 2.30. The summed E-state index contributed by atoms with van der Waals surface area (Å²) in [6.45, 7) is 0.591. The van der Waals surface area contributed by atoms with Crippen molar-refractivity contribution in [1.82, 2.24) is 9.62 Å². The molecule has 0 spiro atoms. The van der Waals surface area contributed by atoms with E-state index in [0.29, 0.717) is 18.2 Å². The van der Waals surface area contributed by atoms with Crippen LogP contribution in [0.5, 0.6) is 0 Å². The summed E-state index contributed by atoms with van der Waals surface area (Å²) in [5.74, 6) is -0.00878. The van der Waals surface area contributed by atoms with Crippen molar-refractivity contribution in [3.63, 3.8) is 0 Å². The highest BCUT2D eigenvalue weighted by molar-refractivity contribution is 8.00. The third-order valence-electron chi connectivity index (χ3n) is 3.83. The summed E-state index contributed by atoms with van der Waals surface area (Å²) in [4.78, 5) is 11.8. The van der Waals surface area contributed by atoms with E-state index in [-0.39, 0.29) is 16.7 Å². The highest BCUT2D eigenvalue weighted by atomic mass is 32.2. The number of benzene rings is 1. The number of amides is 1. The van der Waals surface area contributed by atoms with Crippen LogP contribution in [0.3, 0.4) is 0 Å². The molecule has 1 atom stereocenters. The molecule has 1 N–H and O–H groups in total. The van der Waals surface area contributed by atoms with Gasteiger partial charge < -0.3 is 5.32 Å². The maximum atomic E-state index is 13.8. The molecule has 1 aliphatic heterocycles. The second kappa shape index (κ2) is 6.17. The van der Waals surface area contributed by atoms with Gasteiger partial charge in [0.15, 0.2) is 0 Å². The van der Waals surface area contributed by atoms with E-state index in [1.54, 1.807) is 0 Å². The molecule has 1 amide bonds. The Kier molecular flexibility index (Phi) is 4.42. The first-order valence-corrected chi connectivity index (χ1v) is 9.71. The first-order valence-electron chi connectivity index (χ1n) is 7.12. The zero-order valence-corrected chi connectivity index (χ0v) is 13.5. The standard InChI is InChI=1S/C14H17FN2O3S2/c15-11-3-1-2-4-13(11)22(19,20)17-9-21-8-12(17)14(18)16-7-10-5-6-10/h1-4,10,12H,5-9H2,(H,16,18)/t12-/m0/s1. The fourth-order valence-electron chi connectivity index (χ4n) is 2.34. The van der Waals surface area contributed by atoms with Crippen molar-refractivity contribution >= 4 is 27.7 Å². The molecule has 1 aromatic rings. The van der Waals surface area contributed by atoms with E-state index in [4.69, 9.17) is 0 Å². The lowest BCUT2D eigenvalue weighted by Crippen LogP contribution is -2.47. The number of carbonyl (C=O) groups excluding carboxylic acids is 1. The molecule has 1 saturated carbocycles. The maximum absolute atomic E-state index is 13.8. The Morgan fingerprint density at radius 3 is 2.77 bits per heavy atom. The van der Waals surface area contributed by atoms with E-state index in [0.717, 1.165) is 23.2 Å². The summed E-state index contributed by atoms with van der Waals surface area (Å²) >= 11 is 1.36. The predicted molar refractivity (Wildman–Crippen MR) is 82.3 cm³/mol. The van der Waals surface area contributed by atoms with Crippen LogP contribution in [0.2, 0.25) is 0 Å². The van der Waals surface area contributed by atoms with Crippen molar-refractivity contribution in [2.45, 2.75) is 23.8 Å². The van der Waals surface area contributed by atoms with Crippen LogP contribution in [-0.4, -0.2) is 42.8 Å². The average molecular weight is 344 g/mol. The Labute approximate surface area is 133 Å². The molecule has 1 aliphatic carbocycles. The lowest BCUT2D eigenvalue weighted by Gasteiger charge is -2.22.